The number of nitrogens with one attached hydrogen (secondary N) is 1. The Kier molecular flexibility index (Phi) is 3.06. The first-order valence-corrected chi connectivity index (χ1v) is 3.91. The van der Waals surface area contributed by atoms with Crippen molar-refractivity contribution in [3.8, 4) is 0 Å². The molecular weight excluding hydrogens is 138 g/mol. The summed E-state index contributed by atoms with van der Waals surface area (Å²) >= 11 is 0. The summed E-state index contributed by atoms with van der Waals surface area (Å²) in [6.07, 6.45) is 0. The van der Waals surface area contributed by atoms with E-state index in [9.17, 15) is 0 Å². The third-order valence-electron chi connectivity index (χ3n) is 2.11. The fraction of sp³-hybridized carbons (Fsp3) is 1.00. The zero-order valence-electron chi connectivity index (χ0n) is 8.52. The molecule has 0 radical (unpaired) electrons. The first-order chi connectivity index (χ1) is 4.67. The maximum atomic E-state index is 5.97. The number of nitrogens with zero attached hydrogens (tertiary/aromatic N) is 1. The lowest BCUT2D eigenvalue weighted by Crippen LogP contribution is -2.63. The quantitative estimate of drug-likeness (QED) is 0.591. The topological polar surface area (TPSA) is 41.3 Å². The van der Waals surface area contributed by atoms with Gasteiger partial charge in [-0.25, -0.2) is 5.43 Å². The minimum absolute atomic E-state index is 0.0868. The van der Waals surface area contributed by atoms with E-state index in [1.165, 1.54) is 0 Å². The maximum absolute atomic E-state index is 5.97. The van der Waals surface area contributed by atoms with Crippen LogP contribution in [0.3, 0.4) is 0 Å². The molecule has 0 bridgehead atoms. The molecule has 0 aromatic carbocycles. The van der Waals surface area contributed by atoms with Crippen LogP contribution in [-0.2, 0) is 0 Å². The van der Waals surface area contributed by atoms with Gasteiger partial charge in [0.1, 0.15) is 0 Å². The van der Waals surface area contributed by atoms with Gasteiger partial charge in [0.2, 0.25) is 0 Å². The second-order valence-corrected chi connectivity index (χ2v) is 4.35. The highest BCUT2D eigenvalue weighted by Gasteiger charge is 2.33. The van der Waals surface area contributed by atoms with Crippen molar-refractivity contribution in [2.45, 2.75) is 38.8 Å². The van der Waals surface area contributed by atoms with Crippen molar-refractivity contribution in [2.75, 3.05) is 14.1 Å². The van der Waals surface area contributed by atoms with Gasteiger partial charge < -0.3 is 5.73 Å². The third-order valence-corrected chi connectivity index (χ3v) is 2.11. The predicted octanol–water partition coefficient (Wildman–Crippen LogP) is 0.569. The zero-order chi connectivity index (χ0) is 9.28. The lowest BCUT2D eigenvalue weighted by atomic mass is 9.84. The fourth-order valence-electron chi connectivity index (χ4n) is 0.703. The molecule has 0 aliphatic rings. The van der Waals surface area contributed by atoms with Gasteiger partial charge in [-0.1, -0.05) is 0 Å². The Morgan fingerprint density at radius 3 is 1.55 bits per heavy atom. The van der Waals surface area contributed by atoms with Crippen molar-refractivity contribution in [1.82, 2.24) is 10.4 Å². The Labute approximate surface area is 69.9 Å². The molecule has 0 aromatic heterocycles. The highest BCUT2D eigenvalue weighted by atomic mass is 15.5. The van der Waals surface area contributed by atoms with E-state index in [-0.39, 0.29) is 11.1 Å². The van der Waals surface area contributed by atoms with Gasteiger partial charge in [0.05, 0.1) is 0 Å². The molecule has 0 saturated carbocycles. The lowest BCUT2D eigenvalue weighted by molar-refractivity contribution is 0.125. The van der Waals surface area contributed by atoms with Gasteiger partial charge in [-0.15, -0.1) is 0 Å². The number of hydrogen-bond donors (Lipinski definition) is 2. The van der Waals surface area contributed by atoms with Crippen LogP contribution in [0, 0.1) is 0 Å². The van der Waals surface area contributed by atoms with Crippen LogP contribution in [0.2, 0.25) is 0 Å². The van der Waals surface area contributed by atoms with E-state index >= 15 is 0 Å². The first kappa shape index (κ1) is 10.9. The summed E-state index contributed by atoms with van der Waals surface area (Å²) in [4.78, 5) is 0. The molecule has 0 fully saturated rings. The minimum atomic E-state index is -0.225. The maximum Gasteiger partial charge on any atom is 0.0443 e. The summed E-state index contributed by atoms with van der Waals surface area (Å²) in [6, 6.07) is 0. The summed E-state index contributed by atoms with van der Waals surface area (Å²) in [5.74, 6) is 0. The van der Waals surface area contributed by atoms with Crippen LogP contribution in [0.5, 0.6) is 0 Å². The van der Waals surface area contributed by atoms with Crippen molar-refractivity contribution in [1.29, 1.82) is 0 Å². The molecule has 68 valence electrons. The van der Waals surface area contributed by atoms with E-state index in [1.54, 1.807) is 0 Å². The zero-order valence-corrected chi connectivity index (χ0v) is 8.52. The molecule has 0 heterocycles. The normalized spacial score (nSPS) is 14.2. The van der Waals surface area contributed by atoms with Crippen LogP contribution >= 0.6 is 0 Å². The molecule has 3 nitrogen and oxygen atoms in total. The SMILES string of the molecule is CN(C)NC(C)(C)C(C)(C)N. The van der Waals surface area contributed by atoms with E-state index in [1.807, 2.05) is 33.0 Å². The van der Waals surface area contributed by atoms with Crippen LogP contribution in [0.15, 0.2) is 0 Å². The van der Waals surface area contributed by atoms with Crippen LogP contribution in [0.25, 0.3) is 0 Å². The van der Waals surface area contributed by atoms with Gasteiger partial charge in [-0.2, -0.15) is 0 Å². The Balaban J connectivity index is 4.22. The molecule has 0 amide bonds. The largest absolute Gasteiger partial charge is 0.324 e. The summed E-state index contributed by atoms with van der Waals surface area (Å²) in [5.41, 5.74) is 8.93. The first-order valence-electron chi connectivity index (χ1n) is 3.91. The van der Waals surface area contributed by atoms with Crippen LogP contribution < -0.4 is 11.2 Å². The predicted molar refractivity (Wildman–Crippen MR) is 49.2 cm³/mol. The van der Waals surface area contributed by atoms with E-state index < -0.39 is 0 Å². The second-order valence-electron chi connectivity index (χ2n) is 4.35. The lowest BCUT2D eigenvalue weighted by Gasteiger charge is -2.41. The molecule has 11 heavy (non-hydrogen) atoms. The molecule has 0 unspecified atom stereocenters. The van der Waals surface area contributed by atoms with Gasteiger partial charge in [0.15, 0.2) is 0 Å². The van der Waals surface area contributed by atoms with Gasteiger partial charge in [-0.05, 0) is 27.7 Å². The van der Waals surface area contributed by atoms with Gasteiger partial charge in [-0.3, -0.25) is 5.01 Å². The molecule has 0 aromatic rings. The number of hydrazine groups is 1. The molecule has 3 N–H and O–H groups in total. The standard InChI is InChI=1S/C8H21N3/c1-7(2,9)8(3,4)10-11(5)6/h10H,9H2,1-6H3. The van der Waals surface area contributed by atoms with Crippen molar-refractivity contribution in [2.24, 2.45) is 5.73 Å². The molecule has 0 aliphatic carbocycles. The molecule has 0 spiro atoms. The van der Waals surface area contributed by atoms with Crippen molar-refractivity contribution >= 4 is 0 Å². The number of rotatable bonds is 3. The molecule has 3 heteroatoms. The van der Waals surface area contributed by atoms with E-state index in [0.717, 1.165) is 0 Å². The second kappa shape index (κ2) is 3.09. The Morgan fingerprint density at radius 1 is 1.09 bits per heavy atom. The Hall–Kier alpha value is -0.120. The third kappa shape index (κ3) is 3.18. The summed E-state index contributed by atoms with van der Waals surface area (Å²) in [5, 5.41) is 1.93. The smallest absolute Gasteiger partial charge is 0.0443 e. The average Bonchev–Trinajstić information content (AvgIpc) is 1.56. The molecule has 0 aliphatic heterocycles. The summed E-state index contributed by atoms with van der Waals surface area (Å²) in [7, 11) is 3.93. The van der Waals surface area contributed by atoms with Crippen molar-refractivity contribution in [3.63, 3.8) is 0 Å². The molecule has 0 saturated heterocycles. The van der Waals surface area contributed by atoms with Crippen molar-refractivity contribution < 1.29 is 0 Å². The monoisotopic (exact) mass is 159 g/mol. The van der Waals surface area contributed by atoms with Crippen LogP contribution in [0.1, 0.15) is 27.7 Å². The average molecular weight is 159 g/mol. The van der Waals surface area contributed by atoms with Crippen LogP contribution in [-0.4, -0.2) is 30.2 Å². The number of hydrogen-bond acceptors (Lipinski definition) is 3. The minimum Gasteiger partial charge on any atom is -0.324 e. The van der Waals surface area contributed by atoms with Crippen LogP contribution in [0.4, 0.5) is 0 Å². The molecule has 0 rings (SSSR count). The Morgan fingerprint density at radius 2 is 1.45 bits per heavy atom. The Bertz CT molecular complexity index is 122. The molecule has 0 atom stereocenters. The van der Waals surface area contributed by atoms with E-state index in [2.05, 4.69) is 19.3 Å². The summed E-state index contributed by atoms with van der Waals surface area (Å²) < 4.78 is 0. The fourth-order valence-corrected chi connectivity index (χ4v) is 0.703. The number of nitrogens with two attached hydrogens (primary N) is 1. The van der Waals surface area contributed by atoms with Gasteiger partial charge in [0.25, 0.3) is 0 Å². The summed E-state index contributed by atoms with van der Waals surface area (Å²) in [6.45, 7) is 8.22. The van der Waals surface area contributed by atoms with Gasteiger partial charge in [0, 0.05) is 25.2 Å². The highest BCUT2D eigenvalue weighted by molar-refractivity contribution is 4.95. The van der Waals surface area contributed by atoms with Gasteiger partial charge >= 0.3 is 0 Å². The molecular formula is C8H21N3. The highest BCUT2D eigenvalue weighted by Crippen LogP contribution is 2.17. The van der Waals surface area contributed by atoms with E-state index in [0.29, 0.717) is 0 Å². The van der Waals surface area contributed by atoms with E-state index in [4.69, 9.17) is 5.73 Å². The van der Waals surface area contributed by atoms with Crippen molar-refractivity contribution in [3.05, 3.63) is 0 Å².